The minimum Gasteiger partial charge on any atom is -0.497 e. The van der Waals surface area contributed by atoms with Crippen molar-refractivity contribution in [2.45, 2.75) is 13.1 Å². The van der Waals surface area contributed by atoms with Crippen LogP contribution in [0.25, 0.3) is 77.0 Å². The third kappa shape index (κ3) is 21.7. The number of nitrogens with zero attached hydrogens (tertiary/aromatic N) is 7. The summed E-state index contributed by atoms with van der Waals surface area (Å²) in [5, 5.41) is 58.4. The highest BCUT2D eigenvalue weighted by Gasteiger charge is 2.16. The number of rotatable bonds is 15. The lowest BCUT2D eigenvalue weighted by Gasteiger charge is -2.10. The van der Waals surface area contributed by atoms with Crippen LogP contribution in [0.5, 0.6) is 28.7 Å². The molecule has 0 amide bonds. The molecule has 32 heteroatoms. The van der Waals surface area contributed by atoms with Crippen LogP contribution >= 0.6 is 11.6 Å². The van der Waals surface area contributed by atoms with Crippen LogP contribution in [-0.4, -0.2) is 87.3 Å². The Hall–Kier alpha value is -12.3. The molecular weight excluding hydrogens is 1440 g/mol. The molecule has 13 aromatic rings. The van der Waals surface area contributed by atoms with E-state index in [4.69, 9.17) is 62.0 Å². The van der Waals surface area contributed by atoms with E-state index in [1.54, 1.807) is 95.7 Å². The highest BCUT2D eigenvalue weighted by Crippen LogP contribution is 2.34. The lowest BCUT2D eigenvalue weighted by molar-refractivity contribution is -0.384. The second kappa shape index (κ2) is 36.7. The molecule has 0 aliphatic carbocycles. The van der Waals surface area contributed by atoms with E-state index in [-0.39, 0.29) is 52.5 Å². The second-order valence-electron chi connectivity index (χ2n) is 21.9. The van der Waals surface area contributed by atoms with Crippen molar-refractivity contribution in [2.24, 2.45) is 16.0 Å². The van der Waals surface area contributed by atoms with Crippen LogP contribution in [0.3, 0.4) is 0 Å². The first kappa shape index (κ1) is 79.4. The number of hydrogen-bond acceptors (Lipinski definition) is 20. The average molecular weight is 1500 g/mol. The topological polar surface area (TPSA) is 387 Å². The van der Waals surface area contributed by atoms with Crippen molar-refractivity contribution in [2.75, 3.05) is 28.4 Å². The Labute approximate surface area is 609 Å². The maximum atomic E-state index is 14.3. The van der Waals surface area contributed by atoms with Gasteiger partial charge in [0.15, 0.2) is 0 Å². The standard InChI is InChI=1S/C17H16FN3O3S.C17H15FN2O.C17H11FN2O.C10H8ClNO.C7H5BFNO2.C6H6N2O5S/c1-24-13-4-5-15-14(6-7-20-17(15)9-13)11-2-3-12(16(18)8-11)10-21-25(19,22)23;2*1-21-13-4-5-15-14(6-7-20-17(15)9-13)11-2-3-12(10-19)16(18)8-11;1-13-7-2-3-8-9(11)4-5-12-10(8)6-7;9-7-3-6(8(11)12)2-1-5(7)4-10;7-14(11,12)13-6-3-1-5(2-4-6)8(9)10/h2-9,21H,10H2,1H3,(H2,19,22,23);2-9H,10,19H2,1H3;2-9H,1H3;2-6H,1H3;1-3,11-12H;1-4H,(H2,7,11,12). The fraction of sp³-hybridized carbons (Fsp3) is 0.0811. The summed E-state index contributed by atoms with van der Waals surface area (Å²) in [5.41, 5.74) is 14.0. The summed E-state index contributed by atoms with van der Waals surface area (Å²) >= 11 is 5.97. The summed E-state index contributed by atoms with van der Waals surface area (Å²) < 4.78 is 125. The number of nitro benzene ring substituents is 1. The van der Waals surface area contributed by atoms with Gasteiger partial charge in [0.05, 0.1) is 71.6 Å². The SMILES string of the molecule is COc1ccc2c(-c3ccc(C#N)c(F)c3)ccnc2c1.COc1ccc2c(-c3ccc(CN)c(F)c3)ccnc2c1.COc1ccc2c(-c3ccc(CNS(N)(=O)=O)c(F)c3)ccnc2c1.COc1ccc2c(Cl)ccnc2c1.N#Cc1ccc(B(O)O)cc1F.NS(=O)(=O)Oc1ccc([N+](=O)[O-])cc1. The van der Waals surface area contributed by atoms with Crippen LogP contribution < -0.4 is 49.3 Å². The quantitative estimate of drug-likeness (QED) is 0.0240. The zero-order chi connectivity index (χ0) is 76.8. The van der Waals surface area contributed by atoms with Crippen LogP contribution in [0.1, 0.15) is 22.3 Å². The maximum Gasteiger partial charge on any atom is 0.488 e. The number of ether oxygens (including phenoxy) is 4. The molecule has 0 aliphatic heterocycles. The lowest BCUT2D eigenvalue weighted by Crippen LogP contribution is -2.30. The highest BCUT2D eigenvalue weighted by atomic mass is 35.5. The predicted molar refractivity (Wildman–Crippen MR) is 395 cm³/mol. The Balaban J connectivity index is 0.000000164. The Kier molecular flexibility index (Phi) is 27.5. The van der Waals surface area contributed by atoms with Gasteiger partial charge in [0, 0.05) is 107 Å². The lowest BCUT2D eigenvalue weighted by atomic mass is 9.80. The number of methoxy groups -OCH3 is 4. The van der Waals surface area contributed by atoms with Crippen molar-refractivity contribution in [3.05, 3.63) is 280 Å². The first-order valence-electron chi connectivity index (χ1n) is 30.8. The van der Waals surface area contributed by atoms with Crippen molar-refractivity contribution in [1.82, 2.24) is 24.7 Å². The van der Waals surface area contributed by atoms with Gasteiger partial charge in [-0.05, 0) is 160 Å². The highest BCUT2D eigenvalue weighted by molar-refractivity contribution is 7.87. The minimum absolute atomic E-state index is 0.0338. The Morgan fingerprint density at radius 2 is 0.868 bits per heavy atom. The molecule has 0 radical (unpaired) electrons. The Bertz CT molecular complexity index is 5680. The third-order valence-corrected chi connectivity index (χ3v) is 16.5. The van der Waals surface area contributed by atoms with Crippen molar-refractivity contribution in [3.63, 3.8) is 0 Å². The van der Waals surface area contributed by atoms with Crippen molar-refractivity contribution in [1.29, 1.82) is 10.5 Å². The van der Waals surface area contributed by atoms with Crippen molar-refractivity contribution in [3.8, 4) is 74.3 Å². The van der Waals surface area contributed by atoms with Gasteiger partial charge < -0.3 is 38.9 Å². The van der Waals surface area contributed by atoms with Gasteiger partial charge >= 0.3 is 17.4 Å². The van der Waals surface area contributed by atoms with Gasteiger partial charge in [0.25, 0.3) is 15.9 Å². The summed E-state index contributed by atoms with van der Waals surface area (Å²) in [6, 6.07) is 55.3. The first-order chi connectivity index (χ1) is 50.7. The molecule has 0 fully saturated rings. The van der Waals surface area contributed by atoms with Crippen LogP contribution in [0.4, 0.5) is 23.2 Å². The van der Waals surface area contributed by atoms with Gasteiger partial charge in [-0.15, -0.1) is 0 Å². The molecular formula is C74H61BClF4N11O13S2. The maximum absolute atomic E-state index is 14.3. The molecule has 0 bridgehead atoms. The van der Waals surface area contributed by atoms with Crippen LogP contribution in [-0.2, 0) is 33.6 Å². The van der Waals surface area contributed by atoms with Gasteiger partial charge in [-0.1, -0.05) is 48.0 Å². The van der Waals surface area contributed by atoms with Gasteiger partial charge in [-0.3, -0.25) is 30.1 Å². The van der Waals surface area contributed by atoms with E-state index in [9.17, 15) is 44.5 Å². The van der Waals surface area contributed by atoms with E-state index in [1.165, 1.54) is 42.5 Å². The number of halogens is 5. The number of pyridine rings is 4. The van der Waals surface area contributed by atoms with Gasteiger partial charge in [-0.25, -0.2) is 22.7 Å². The fourth-order valence-corrected chi connectivity index (χ4v) is 10.9. The molecule has 24 nitrogen and oxygen atoms in total. The van der Waals surface area contributed by atoms with E-state index in [1.807, 2.05) is 91.0 Å². The number of nitrogens with one attached hydrogen (secondary N) is 1. The largest absolute Gasteiger partial charge is 0.497 e. The van der Waals surface area contributed by atoms with E-state index in [0.717, 1.165) is 113 Å². The molecule has 0 spiro atoms. The number of aromatic nitrogens is 4. The van der Waals surface area contributed by atoms with E-state index in [0.29, 0.717) is 27.5 Å². The van der Waals surface area contributed by atoms with E-state index < -0.39 is 50.0 Å². The van der Waals surface area contributed by atoms with Gasteiger partial charge in [-0.2, -0.15) is 37.2 Å². The molecule has 0 saturated carbocycles. The Morgan fingerprint density at radius 3 is 1.23 bits per heavy atom. The predicted octanol–water partition coefficient (Wildman–Crippen LogP) is 12.2. The zero-order valence-electron chi connectivity index (χ0n) is 56.2. The summed E-state index contributed by atoms with van der Waals surface area (Å²) in [6.45, 7) is -0.0142. The number of benzene rings is 9. The number of nitriles is 2. The smallest absolute Gasteiger partial charge is 0.488 e. The second-order valence-corrected chi connectivity index (χ2v) is 24.9. The molecule has 13 rings (SSSR count). The average Bonchev–Trinajstić information content (AvgIpc) is 0.801. The molecule has 0 saturated heterocycles. The molecule has 4 aromatic heterocycles. The van der Waals surface area contributed by atoms with E-state index >= 15 is 0 Å². The summed E-state index contributed by atoms with van der Waals surface area (Å²) in [7, 11) is -3.23. The first-order valence-corrected chi connectivity index (χ1v) is 34.2. The molecule has 9 aromatic carbocycles. The normalized spacial score (nSPS) is 10.7. The number of nitro groups is 1. The molecule has 0 aliphatic rings. The van der Waals surface area contributed by atoms with E-state index in [2.05, 4.69) is 34.0 Å². The van der Waals surface area contributed by atoms with Gasteiger partial charge in [0.2, 0.25) is 0 Å². The molecule has 9 N–H and O–H groups in total. The molecule has 106 heavy (non-hydrogen) atoms. The molecule has 540 valence electrons. The fourth-order valence-electron chi connectivity index (χ4n) is 9.97. The van der Waals surface area contributed by atoms with Crippen molar-refractivity contribution >= 4 is 94.0 Å². The molecule has 0 atom stereocenters. The zero-order valence-corrected chi connectivity index (χ0v) is 58.6. The monoisotopic (exact) mass is 1500 g/mol. The summed E-state index contributed by atoms with van der Waals surface area (Å²) in [4.78, 5) is 26.7. The molecule has 4 heterocycles. The minimum atomic E-state index is -4.08. The molecule has 0 unspecified atom stereocenters. The van der Waals surface area contributed by atoms with Gasteiger partial charge in [0.1, 0.15) is 64.2 Å². The van der Waals surface area contributed by atoms with Crippen LogP contribution in [0.2, 0.25) is 5.02 Å². The summed E-state index contributed by atoms with van der Waals surface area (Å²) in [6.07, 6.45) is 6.72. The summed E-state index contributed by atoms with van der Waals surface area (Å²) in [5.74, 6) is 0.806. The number of nitrogens with two attached hydrogens (primary N) is 3. The number of hydrogen-bond donors (Lipinski definition) is 6. The number of fused-ring (bicyclic) bond motifs is 4. The van der Waals surface area contributed by atoms with Crippen molar-refractivity contribution < 1.29 is 72.5 Å². The number of non-ortho nitro benzene ring substituents is 1. The third-order valence-electron chi connectivity index (χ3n) is 15.2. The Morgan fingerprint density at radius 1 is 0.500 bits per heavy atom. The van der Waals surface area contributed by atoms with Crippen LogP contribution in [0.15, 0.2) is 219 Å². The van der Waals surface area contributed by atoms with Crippen LogP contribution in [0, 0.1) is 56.0 Å².